The van der Waals surface area contributed by atoms with E-state index in [0.717, 1.165) is 12.1 Å². The number of hydrogen-bond donors (Lipinski definition) is 1. The zero-order valence-corrected chi connectivity index (χ0v) is 17.7. The molecule has 0 amide bonds. The van der Waals surface area contributed by atoms with Gasteiger partial charge < -0.3 is 9.43 Å². The molecule has 0 aliphatic carbocycles. The molecule has 0 aromatic heterocycles. The number of rotatable bonds is 11. The van der Waals surface area contributed by atoms with Gasteiger partial charge in [-0.3, -0.25) is 0 Å². The van der Waals surface area contributed by atoms with Crippen LogP contribution in [0, 0.1) is 0 Å². The van der Waals surface area contributed by atoms with Gasteiger partial charge in [-0.05, 0) is 62.4 Å². The Bertz CT molecular complexity index is 486. The summed E-state index contributed by atoms with van der Waals surface area (Å²) in [5.41, 5.74) is 2.34. The zero-order chi connectivity index (χ0) is 17.3. The van der Waals surface area contributed by atoms with Gasteiger partial charge >= 0.3 is 0 Å². The maximum Gasteiger partial charge on any atom is 0.173 e. The molecule has 0 radical (unpaired) electrons. The third kappa shape index (κ3) is 8.54. The monoisotopic (exact) mass is 349 g/mol. The Hall–Kier alpha value is -0.846. The smallest absolute Gasteiger partial charge is 0.173 e. The molecule has 0 aliphatic heterocycles. The lowest BCUT2D eigenvalue weighted by atomic mass is 10.2. The van der Waals surface area contributed by atoms with E-state index in [-0.39, 0.29) is 0 Å². The number of benzene rings is 1. The molecule has 0 saturated heterocycles. The molecule has 0 spiro atoms. The molecule has 1 aromatic rings. The van der Waals surface area contributed by atoms with E-state index in [1.54, 1.807) is 0 Å². The fourth-order valence-electron chi connectivity index (χ4n) is 2.97. The minimum absolute atomic E-state index is 1.01. The van der Waals surface area contributed by atoms with Gasteiger partial charge in [-0.1, -0.05) is 44.6 Å². The van der Waals surface area contributed by atoms with Crippen LogP contribution in [0.3, 0.4) is 0 Å². The lowest BCUT2D eigenvalue weighted by molar-refractivity contribution is 0.530. The Balaban J connectivity index is 2.36. The first-order valence-electron chi connectivity index (χ1n) is 8.94. The van der Waals surface area contributed by atoms with Gasteiger partial charge in [0.05, 0.1) is 0 Å². The fraction of sp³-hybridized carbons (Fsp3) is 0.579. The van der Waals surface area contributed by atoms with Gasteiger partial charge in [-0.15, -0.1) is 0 Å². The van der Waals surface area contributed by atoms with E-state index >= 15 is 0 Å². The lowest BCUT2D eigenvalue weighted by Crippen LogP contribution is -2.44. The number of unbranched alkanes of at least 4 members (excludes halogenated alkanes) is 1. The van der Waals surface area contributed by atoms with Gasteiger partial charge in [0, 0.05) is 12.2 Å². The summed E-state index contributed by atoms with van der Waals surface area (Å²) in [5.74, 6) is 0. The third-order valence-corrected chi connectivity index (χ3v) is 11.6. The van der Waals surface area contributed by atoms with Crippen molar-refractivity contribution in [3.63, 3.8) is 0 Å². The van der Waals surface area contributed by atoms with E-state index in [9.17, 15) is 0 Å². The molecule has 1 N–H and O–H groups in total. The lowest BCUT2D eigenvalue weighted by Gasteiger charge is -2.34. The highest BCUT2D eigenvalue weighted by molar-refractivity contribution is 6.84. The molecule has 0 fully saturated rings. The molecular formula is C19H35NOSi2. The van der Waals surface area contributed by atoms with Gasteiger partial charge in [-0.2, -0.15) is 0 Å². The van der Waals surface area contributed by atoms with E-state index in [1.807, 2.05) is 6.08 Å². The van der Waals surface area contributed by atoms with Crippen molar-refractivity contribution in [2.75, 3.05) is 11.9 Å². The van der Waals surface area contributed by atoms with Crippen LogP contribution in [-0.4, -0.2) is 23.2 Å². The molecule has 1 rings (SSSR count). The number of anilines is 1. The zero-order valence-electron chi connectivity index (χ0n) is 15.7. The minimum Gasteiger partial charge on any atom is -0.455 e. The first-order chi connectivity index (χ1) is 10.8. The van der Waals surface area contributed by atoms with Crippen molar-refractivity contribution in [2.45, 2.75) is 64.5 Å². The quantitative estimate of drug-likeness (QED) is 0.371. The molecule has 1 aromatic carbocycles. The summed E-state index contributed by atoms with van der Waals surface area (Å²) >= 11 is 0. The van der Waals surface area contributed by atoms with Crippen LogP contribution in [0.1, 0.15) is 31.7 Å². The SMILES string of the molecule is C=Cc1cccc(NCCC[Si](C)(C)O[Si](C)(C)CCCC)c1. The van der Waals surface area contributed by atoms with Crippen LogP contribution in [0.2, 0.25) is 38.3 Å². The van der Waals surface area contributed by atoms with Crippen LogP contribution in [0.15, 0.2) is 30.8 Å². The van der Waals surface area contributed by atoms with E-state index < -0.39 is 16.6 Å². The Morgan fingerprint density at radius 3 is 2.35 bits per heavy atom. The summed E-state index contributed by atoms with van der Waals surface area (Å²) in [6.45, 7) is 16.6. The summed E-state index contributed by atoms with van der Waals surface area (Å²) in [4.78, 5) is 0. The number of hydrogen-bond acceptors (Lipinski definition) is 2. The highest BCUT2D eigenvalue weighted by Gasteiger charge is 2.31. The van der Waals surface area contributed by atoms with Crippen molar-refractivity contribution in [1.29, 1.82) is 0 Å². The van der Waals surface area contributed by atoms with Gasteiger partial charge in [-0.25, -0.2) is 0 Å². The van der Waals surface area contributed by atoms with Gasteiger partial charge in [0.15, 0.2) is 16.6 Å². The van der Waals surface area contributed by atoms with Gasteiger partial charge in [0.2, 0.25) is 0 Å². The van der Waals surface area contributed by atoms with E-state index in [4.69, 9.17) is 4.12 Å². The Labute approximate surface area is 145 Å². The average Bonchev–Trinajstić information content (AvgIpc) is 2.49. The minimum atomic E-state index is -1.54. The van der Waals surface area contributed by atoms with E-state index in [1.165, 1.54) is 37.0 Å². The first-order valence-corrected chi connectivity index (χ1v) is 15.2. The largest absolute Gasteiger partial charge is 0.455 e. The summed E-state index contributed by atoms with van der Waals surface area (Å²) < 4.78 is 6.65. The van der Waals surface area contributed by atoms with Crippen molar-refractivity contribution in [2.24, 2.45) is 0 Å². The fourth-order valence-corrected chi connectivity index (χ4v) is 12.0. The van der Waals surface area contributed by atoms with Crippen molar-refractivity contribution in [3.05, 3.63) is 36.4 Å². The van der Waals surface area contributed by atoms with Crippen LogP contribution in [0.5, 0.6) is 0 Å². The Morgan fingerprint density at radius 2 is 1.74 bits per heavy atom. The summed E-state index contributed by atoms with van der Waals surface area (Å²) in [5, 5.41) is 3.52. The van der Waals surface area contributed by atoms with Crippen LogP contribution in [0.25, 0.3) is 6.08 Å². The molecule has 0 unspecified atom stereocenters. The maximum atomic E-state index is 6.65. The molecule has 0 aliphatic rings. The van der Waals surface area contributed by atoms with Crippen LogP contribution in [-0.2, 0) is 4.12 Å². The summed E-state index contributed by atoms with van der Waals surface area (Å²) in [7, 11) is -3.01. The molecule has 4 heteroatoms. The van der Waals surface area contributed by atoms with Gasteiger partial charge in [0.25, 0.3) is 0 Å². The molecule has 0 saturated carbocycles. The van der Waals surface area contributed by atoms with E-state index in [0.29, 0.717) is 0 Å². The van der Waals surface area contributed by atoms with Crippen LogP contribution >= 0.6 is 0 Å². The van der Waals surface area contributed by atoms with Crippen molar-refractivity contribution in [3.8, 4) is 0 Å². The first kappa shape index (κ1) is 20.2. The topological polar surface area (TPSA) is 21.3 Å². The van der Waals surface area contributed by atoms with Crippen LogP contribution in [0.4, 0.5) is 5.69 Å². The molecule has 0 bridgehead atoms. The van der Waals surface area contributed by atoms with Crippen molar-refractivity contribution >= 4 is 28.4 Å². The molecule has 0 atom stereocenters. The average molecular weight is 350 g/mol. The highest BCUT2D eigenvalue weighted by Crippen LogP contribution is 2.24. The Kier molecular flexibility index (Phi) is 8.30. The second-order valence-corrected chi connectivity index (χ2v) is 16.4. The standard InChI is InChI=1S/C19H35NOSi2/c1-7-9-15-22(3,4)21-23(5,6)16-11-14-20-19-13-10-12-18(8-2)17-19/h8,10,12-13,17,20H,2,7,9,11,14-16H2,1,3-6H3. The summed E-state index contributed by atoms with van der Waals surface area (Å²) in [6.07, 6.45) is 5.65. The second kappa shape index (κ2) is 9.45. The Morgan fingerprint density at radius 1 is 1.09 bits per heavy atom. The molecule has 130 valence electrons. The van der Waals surface area contributed by atoms with Gasteiger partial charge in [0.1, 0.15) is 0 Å². The predicted octanol–water partition coefficient (Wildman–Crippen LogP) is 6.36. The number of nitrogens with one attached hydrogen (secondary N) is 1. The normalized spacial score (nSPS) is 12.2. The van der Waals surface area contributed by atoms with Crippen molar-refractivity contribution in [1.82, 2.24) is 0 Å². The van der Waals surface area contributed by atoms with E-state index in [2.05, 4.69) is 69.3 Å². The molecule has 23 heavy (non-hydrogen) atoms. The highest BCUT2D eigenvalue weighted by atomic mass is 28.4. The molecule has 0 heterocycles. The molecular weight excluding hydrogens is 314 g/mol. The predicted molar refractivity (Wildman–Crippen MR) is 110 cm³/mol. The van der Waals surface area contributed by atoms with Crippen LogP contribution < -0.4 is 5.32 Å². The summed E-state index contributed by atoms with van der Waals surface area (Å²) in [6, 6.07) is 10.9. The second-order valence-electron chi connectivity index (χ2n) is 7.58. The third-order valence-electron chi connectivity index (χ3n) is 4.09. The maximum absolute atomic E-state index is 6.65. The van der Waals surface area contributed by atoms with Crippen molar-refractivity contribution < 1.29 is 4.12 Å². The molecule has 2 nitrogen and oxygen atoms in total.